The Balaban J connectivity index is 3.05. The minimum Gasteiger partial charge on any atom is -0.337 e. The summed E-state index contributed by atoms with van der Waals surface area (Å²) in [4.78, 5) is 11.7. The lowest BCUT2D eigenvalue weighted by Crippen LogP contribution is -2.34. The molecule has 0 aromatic carbocycles. The van der Waals surface area contributed by atoms with Crippen molar-refractivity contribution in [2.45, 2.75) is 25.9 Å². The summed E-state index contributed by atoms with van der Waals surface area (Å²) in [6, 6.07) is 0. The zero-order chi connectivity index (χ0) is 13.1. The molecule has 1 heterocycles. The predicted molar refractivity (Wildman–Crippen MR) is 59.0 cm³/mol. The standard InChI is InChI=1S/C12H14F3NO/c1-3-4-7-16-9(2)10(8-17)5-6-11(16)12(13,14)15/h5-6,8H,2-4,7H2,1H3. The molecule has 0 amide bonds. The molecule has 0 aliphatic carbocycles. The highest BCUT2D eigenvalue weighted by Crippen LogP contribution is 2.35. The van der Waals surface area contributed by atoms with Crippen molar-refractivity contribution in [3.63, 3.8) is 0 Å². The van der Waals surface area contributed by atoms with Gasteiger partial charge in [-0.25, -0.2) is 0 Å². The minimum absolute atomic E-state index is 0.114. The Labute approximate surface area is 98.1 Å². The highest BCUT2D eigenvalue weighted by molar-refractivity contribution is 5.81. The molecule has 5 heteroatoms. The van der Waals surface area contributed by atoms with Crippen LogP contribution in [0, 0.1) is 0 Å². The van der Waals surface area contributed by atoms with E-state index in [2.05, 4.69) is 6.58 Å². The van der Waals surface area contributed by atoms with Gasteiger partial charge < -0.3 is 4.90 Å². The molecule has 0 saturated carbocycles. The monoisotopic (exact) mass is 245 g/mol. The van der Waals surface area contributed by atoms with Crippen molar-refractivity contribution >= 4 is 6.29 Å². The SMILES string of the molecule is C=C1C(C=O)=CC=C(C(F)(F)F)N1CCCC. The Morgan fingerprint density at radius 1 is 1.41 bits per heavy atom. The first-order chi connectivity index (χ1) is 7.91. The molecule has 0 fully saturated rings. The van der Waals surface area contributed by atoms with E-state index in [1.54, 1.807) is 0 Å². The number of carbonyl (C=O) groups excluding carboxylic acids is 1. The van der Waals surface area contributed by atoms with Crippen LogP contribution in [0.5, 0.6) is 0 Å². The Morgan fingerprint density at radius 2 is 2.06 bits per heavy atom. The van der Waals surface area contributed by atoms with Crippen molar-refractivity contribution in [2.75, 3.05) is 6.54 Å². The van der Waals surface area contributed by atoms with Gasteiger partial charge in [-0.2, -0.15) is 13.2 Å². The number of hydrogen-bond acceptors (Lipinski definition) is 2. The summed E-state index contributed by atoms with van der Waals surface area (Å²) in [7, 11) is 0. The molecule has 0 atom stereocenters. The third kappa shape index (κ3) is 2.99. The van der Waals surface area contributed by atoms with Crippen LogP contribution in [-0.4, -0.2) is 23.9 Å². The third-order valence-corrected chi connectivity index (χ3v) is 2.52. The fourth-order valence-electron chi connectivity index (χ4n) is 1.58. The van der Waals surface area contributed by atoms with Gasteiger partial charge in [-0.05, 0) is 18.6 Å². The number of unbranched alkanes of at least 4 members (excludes halogenated alkanes) is 1. The number of allylic oxidation sites excluding steroid dienone is 4. The molecule has 94 valence electrons. The molecule has 1 aliphatic heterocycles. The Bertz CT molecular complexity index is 380. The van der Waals surface area contributed by atoms with Gasteiger partial charge in [-0.1, -0.05) is 19.9 Å². The van der Waals surface area contributed by atoms with Crippen molar-refractivity contribution < 1.29 is 18.0 Å². The van der Waals surface area contributed by atoms with Gasteiger partial charge in [0.15, 0.2) is 6.29 Å². The van der Waals surface area contributed by atoms with Crippen LogP contribution >= 0.6 is 0 Å². The van der Waals surface area contributed by atoms with Crippen LogP contribution < -0.4 is 0 Å². The van der Waals surface area contributed by atoms with E-state index in [9.17, 15) is 18.0 Å². The molecule has 0 saturated heterocycles. The molecule has 1 rings (SSSR count). The summed E-state index contributed by atoms with van der Waals surface area (Å²) < 4.78 is 38.3. The molecular formula is C12H14F3NO. The number of hydrogen-bond donors (Lipinski definition) is 0. The molecule has 0 bridgehead atoms. The fraction of sp³-hybridized carbons (Fsp3) is 0.417. The Kier molecular flexibility index (Phi) is 4.15. The van der Waals surface area contributed by atoms with Gasteiger partial charge in [-0.3, -0.25) is 4.79 Å². The maximum absolute atomic E-state index is 12.8. The summed E-state index contributed by atoms with van der Waals surface area (Å²) >= 11 is 0. The van der Waals surface area contributed by atoms with Crippen LogP contribution in [0.15, 0.2) is 35.7 Å². The zero-order valence-electron chi connectivity index (χ0n) is 9.55. The van der Waals surface area contributed by atoms with Crippen LogP contribution in [0.1, 0.15) is 19.8 Å². The first kappa shape index (κ1) is 13.5. The van der Waals surface area contributed by atoms with E-state index in [-0.39, 0.29) is 17.8 Å². The third-order valence-electron chi connectivity index (χ3n) is 2.52. The van der Waals surface area contributed by atoms with Crippen molar-refractivity contribution in [1.82, 2.24) is 4.90 Å². The maximum Gasteiger partial charge on any atom is 0.431 e. The molecule has 0 spiro atoms. The van der Waals surface area contributed by atoms with Gasteiger partial charge in [0.25, 0.3) is 0 Å². The number of rotatable bonds is 4. The molecule has 17 heavy (non-hydrogen) atoms. The van der Waals surface area contributed by atoms with E-state index in [1.165, 1.54) is 0 Å². The van der Waals surface area contributed by atoms with Gasteiger partial charge >= 0.3 is 6.18 Å². The van der Waals surface area contributed by atoms with Crippen LogP contribution in [-0.2, 0) is 4.79 Å². The van der Waals surface area contributed by atoms with Gasteiger partial charge in [0.1, 0.15) is 5.70 Å². The van der Waals surface area contributed by atoms with E-state index < -0.39 is 11.9 Å². The van der Waals surface area contributed by atoms with Crippen molar-refractivity contribution in [3.05, 3.63) is 35.7 Å². The smallest absolute Gasteiger partial charge is 0.337 e. The summed E-state index contributed by atoms with van der Waals surface area (Å²) in [5.41, 5.74) is -0.459. The van der Waals surface area contributed by atoms with Gasteiger partial charge in [0, 0.05) is 17.8 Å². The number of nitrogens with zero attached hydrogens (tertiary/aromatic N) is 1. The second kappa shape index (κ2) is 5.21. The number of halogens is 3. The summed E-state index contributed by atoms with van der Waals surface area (Å²) in [5, 5.41) is 0. The molecule has 2 nitrogen and oxygen atoms in total. The van der Waals surface area contributed by atoms with E-state index in [0.717, 1.165) is 23.5 Å². The van der Waals surface area contributed by atoms with Gasteiger partial charge in [0.2, 0.25) is 0 Å². The molecule has 0 radical (unpaired) electrons. The maximum atomic E-state index is 12.8. The topological polar surface area (TPSA) is 20.3 Å². The predicted octanol–water partition coefficient (Wildman–Crippen LogP) is 3.19. The Morgan fingerprint density at radius 3 is 2.53 bits per heavy atom. The normalized spacial score (nSPS) is 16.7. The number of carbonyl (C=O) groups is 1. The molecule has 0 N–H and O–H groups in total. The first-order valence-electron chi connectivity index (χ1n) is 5.33. The van der Waals surface area contributed by atoms with Crippen molar-refractivity contribution in [1.29, 1.82) is 0 Å². The highest BCUT2D eigenvalue weighted by atomic mass is 19.4. The minimum atomic E-state index is -4.43. The van der Waals surface area contributed by atoms with E-state index in [0.29, 0.717) is 12.7 Å². The lowest BCUT2D eigenvalue weighted by atomic mass is 10.1. The first-order valence-corrected chi connectivity index (χ1v) is 5.33. The van der Waals surface area contributed by atoms with Gasteiger partial charge in [-0.15, -0.1) is 0 Å². The second-order valence-corrected chi connectivity index (χ2v) is 3.74. The van der Waals surface area contributed by atoms with Crippen LogP contribution in [0.3, 0.4) is 0 Å². The largest absolute Gasteiger partial charge is 0.431 e. The highest BCUT2D eigenvalue weighted by Gasteiger charge is 2.39. The zero-order valence-corrected chi connectivity index (χ0v) is 9.55. The van der Waals surface area contributed by atoms with Crippen molar-refractivity contribution in [3.8, 4) is 0 Å². The quantitative estimate of drug-likeness (QED) is 0.709. The lowest BCUT2D eigenvalue weighted by Gasteiger charge is -2.32. The summed E-state index contributed by atoms with van der Waals surface area (Å²) in [6.45, 7) is 5.65. The van der Waals surface area contributed by atoms with E-state index in [1.807, 2.05) is 6.92 Å². The van der Waals surface area contributed by atoms with E-state index in [4.69, 9.17) is 0 Å². The summed E-state index contributed by atoms with van der Waals surface area (Å²) in [5.74, 6) is 0. The molecule has 1 aliphatic rings. The van der Waals surface area contributed by atoms with Crippen LogP contribution in [0.4, 0.5) is 13.2 Å². The molecule has 0 aromatic heterocycles. The second-order valence-electron chi connectivity index (χ2n) is 3.74. The number of alkyl halides is 3. The van der Waals surface area contributed by atoms with E-state index >= 15 is 0 Å². The molecule has 0 aromatic rings. The Hall–Kier alpha value is -1.52. The molecule has 0 unspecified atom stereocenters. The lowest BCUT2D eigenvalue weighted by molar-refractivity contribution is -0.110. The van der Waals surface area contributed by atoms with Crippen LogP contribution in [0.25, 0.3) is 0 Å². The molecular weight excluding hydrogens is 231 g/mol. The van der Waals surface area contributed by atoms with Crippen molar-refractivity contribution in [2.24, 2.45) is 0 Å². The average Bonchev–Trinajstić information content (AvgIpc) is 2.25. The van der Waals surface area contributed by atoms with Crippen LogP contribution in [0.2, 0.25) is 0 Å². The summed E-state index contributed by atoms with van der Waals surface area (Å²) in [6.07, 6.45) is -0.450. The fourth-order valence-corrected chi connectivity index (χ4v) is 1.58. The van der Waals surface area contributed by atoms with Gasteiger partial charge in [0.05, 0.1) is 0 Å². The number of aldehydes is 1. The average molecular weight is 245 g/mol.